The van der Waals surface area contributed by atoms with Crippen LogP contribution in [0.1, 0.15) is 24.0 Å². The second-order valence-corrected chi connectivity index (χ2v) is 7.69. The van der Waals surface area contributed by atoms with E-state index in [0.29, 0.717) is 18.7 Å². The van der Waals surface area contributed by atoms with E-state index in [-0.39, 0.29) is 17.1 Å². The minimum absolute atomic E-state index is 0.0458. The lowest BCUT2D eigenvalue weighted by molar-refractivity contribution is -0.120. The summed E-state index contributed by atoms with van der Waals surface area (Å²) >= 11 is 1.57. The molecule has 0 fully saturated rings. The first-order chi connectivity index (χ1) is 12.7. The van der Waals surface area contributed by atoms with Crippen molar-refractivity contribution in [2.45, 2.75) is 30.9 Å². The van der Waals surface area contributed by atoms with Gasteiger partial charge in [0.1, 0.15) is 0 Å². The van der Waals surface area contributed by atoms with E-state index in [0.717, 1.165) is 24.9 Å². The topological polar surface area (TPSA) is 58.2 Å². The highest BCUT2D eigenvalue weighted by Crippen LogP contribution is 2.27. The molecule has 2 aromatic carbocycles. The number of nitrogens with one attached hydrogen (secondary N) is 2. The summed E-state index contributed by atoms with van der Waals surface area (Å²) in [5.41, 5.74) is 3.32. The van der Waals surface area contributed by atoms with Gasteiger partial charge in [0.2, 0.25) is 11.8 Å². The smallest absolute Gasteiger partial charge is 0.237 e. The van der Waals surface area contributed by atoms with E-state index in [1.165, 1.54) is 11.1 Å². The van der Waals surface area contributed by atoms with Gasteiger partial charge in [0.05, 0.1) is 5.25 Å². The van der Waals surface area contributed by atoms with Gasteiger partial charge in [-0.2, -0.15) is 0 Å². The van der Waals surface area contributed by atoms with E-state index in [9.17, 15) is 9.59 Å². The zero-order chi connectivity index (χ0) is 18.2. The first kappa shape index (κ1) is 18.5. The Morgan fingerprint density at radius 3 is 2.73 bits per heavy atom. The number of hydrogen-bond donors (Lipinski definition) is 2. The van der Waals surface area contributed by atoms with Crippen LogP contribution in [0.5, 0.6) is 0 Å². The molecule has 1 heterocycles. The Balaban J connectivity index is 1.36. The molecule has 26 heavy (non-hydrogen) atoms. The monoisotopic (exact) mass is 368 g/mol. The highest BCUT2D eigenvalue weighted by molar-refractivity contribution is 8.00. The lowest BCUT2D eigenvalue weighted by Gasteiger charge is -2.12. The van der Waals surface area contributed by atoms with Crippen LogP contribution in [-0.4, -0.2) is 29.4 Å². The Kier molecular flexibility index (Phi) is 6.72. The molecule has 1 aliphatic rings. The minimum atomic E-state index is -0.0977. The molecule has 0 bridgehead atoms. The van der Waals surface area contributed by atoms with Crippen LogP contribution in [0.4, 0.5) is 5.69 Å². The molecule has 0 spiro atoms. The van der Waals surface area contributed by atoms with Gasteiger partial charge < -0.3 is 10.6 Å². The Hall–Kier alpha value is -2.27. The van der Waals surface area contributed by atoms with Gasteiger partial charge in [-0.3, -0.25) is 9.59 Å². The lowest BCUT2D eigenvalue weighted by Crippen LogP contribution is -2.27. The molecule has 2 N–H and O–H groups in total. The van der Waals surface area contributed by atoms with Gasteiger partial charge >= 0.3 is 0 Å². The molecule has 0 aromatic heterocycles. The number of anilines is 1. The minimum Gasteiger partial charge on any atom is -0.356 e. The maximum absolute atomic E-state index is 12.3. The normalized spacial score (nSPS) is 16.3. The molecule has 4 nitrogen and oxygen atoms in total. The van der Waals surface area contributed by atoms with Crippen molar-refractivity contribution in [1.82, 2.24) is 5.32 Å². The maximum Gasteiger partial charge on any atom is 0.237 e. The van der Waals surface area contributed by atoms with E-state index in [1.807, 2.05) is 36.4 Å². The van der Waals surface area contributed by atoms with Crippen molar-refractivity contribution in [3.63, 3.8) is 0 Å². The van der Waals surface area contributed by atoms with Crippen LogP contribution in [0.25, 0.3) is 0 Å². The first-order valence-corrected chi connectivity index (χ1v) is 10.1. The van der Waals surface area contributed by atoms with Gasteiger partial charge in [-0.15, -0.1) is 11.8 Å². The van der Waals surface area contributed by atoms with E-state index >= 15 is 0 Å². The summed E-state index contributed by atoms with van der Waals surface area (Å²) in [5.74, 6) is 0.751. The summed E-state index contributed by atoms with van der Waals surface area (Å²) in [7, 11) is 0. The van der Waals surface area contributed by atoms with E-state index in [4.69, 9.17) is 0 Å². The predicted molar refractivity (Wildman–Crippen MR) is 107 cm³/mol. The second kappa shape index (κ2) is 9.43. The molecule has 0 aliphatic carbocycles. The molecular formula is C21H24N2O2S. The van der Waals surface area contributed by atoms with Crippen molar-refractivity contribution < 1.29 is 9.59 Å². The molecule has 136 valence electrons. The Labute approximate surface area is 158 Å². The summed E-state index contributed by atoms with van der Waals surface area (Å²) in [6.45, 7) is 0.646. The molecule has 5 heteroatoms. The quantitative estimate of drug-likeness (QED) is 0.787. The van der Waals surface area contributed by atoms with Crippen LogP contribution >= 0.6 is 11.8 Å². The zero-order valence-corrected chi connectivity index (χ0v) is 15.6. The summed E-state index contributed by atoms with van der Waals surface area (Å²) < 4.78 is 0. The number of aryl methyl sites for hydroxylation is 1. The lowest BCUT2D eigenvalue weighted by atomic mass is 10.1. The van der Waals surface area contributed by atoms with Crippen molar-refractivity contribution in [2.75, 3.05) is 17.6 Å². The van der Waals surface area contributed by atoms with Gasteiger partial charge in [-0.05, 0) is 36.5 Å². The molecule has 2 amide bonds. The van der Waals surface area contributed by atoms with Crippen LogP contribution in [0, 0.1) is 0 Å². The number of carbonyl (C=O) groups excluding carboxylic acids is 2. The van der Waals surface area contributed by atoms with Gasteiger partial charge in [-0.25, -0.2) is 0 Å². The Morgan fingerprint density at radius 1 is 1.12 bits per heavy atom. The first-order valence-electron chi connectivity index (χ1n) is 9.03. The van der Waals surface area contributed by atoms with Crippen molar-refractivity contribution >= 4 is 29.3 Å². The highest BCUT2D eigenvalue weighted by atomic mass is 32.2. The summed E-state index contributed by atoms with van der Waals surface area (Å²) in [4.78, 5) is 24.3. The van der Waals surface area contributed by atoms with E-state index in [2.05, 4.69) is 28.8 Å². The number of benzene rings is 2. The van der Waals surface area contributed by atoms with Crippen LogP contribution < -0.4 is 10.6 Å². The van der Waals surface area contributed by atoms with Crippen molar-refractivity contribution in [3.8, 4) is 0 Å². The number of rotatable bonds is 7. The average Bonchev–Trinajstić information content (AvgIpc) is 2.81. The molecule has 1 aliphatic heterocycles. The van der Waals surface area contributed by atoms with Crippen molar-refractivity contribution in [3.05, 3.63) is 65.7 Å². The third kappa shape index (κ3) is 5.36. The van der Waals surface area contributed by atoms with Gasteiger partial charge in [0.15, 0.2) is 0 Å². The molecule has 3 rings (SSSR count). The van der Waals surface area contributed by atoms with E-state index < -0.39 is 0 Å². The van der Waals surface area contributed by atoms with Gasteiger partial charge in [0, 0.05) is 24.4 Å². The zero-order valence-electron chi connectivity index (χ0n) is 14.7. The number of thioether (sulfide) groups is 1. The van der Waals surface area contributed by atoms with Gasteiger partial charge in [0.25, 0.3) is 0 Å². The van der Waals surface area contributed by atoms with Crippen molar-refractivity contribution in [1.29, 1.82) is 0 Å². The fourth-order valence-electron chi connectivity index (χ4n) is 3.02. The SMILES string of the molecule is O=C(CCSC1CCc2ccccc2NC1=O)NCCc1ccccc1. The number of hydrogen-bond acceptors (Lipinski definition) is 3. The van der Waals surface area contributed by atoms with Crippen molar-refractivity contribution in [2.24, 2.45) is 0 Å². The standard InChI is InChI=1S/C21H24N2O2S/c24-20(22-14-12-16-6-2-1-3-7-16)13-15-26-19-11-10-17-8-4-5-9-18(17)23-21(19)25/h1-9,19H,10-15H2,(H,22,24)(H,23,25). The molecular weight excluding hydrogens is 344 g/mol. The highest BCUT2D eigenvalue weighted by Gasteiger charge is 2.23. The molecule has 1 unspecified atom stereocenters. The third-order valence-electron chi connectivity index (χ3n) is 4.47. The number of carbonyl (C=O) groups is 2. The number of para-hydroxylation sites is 1. The maximum atomic E-state index is 12.3. The van der Waals surface area contributed by atoms with Gasteiger partial charge in [-0.1, -0.05) is 48.5 Å². The summed E-state index contributed by atoms with van der Waals surface area (Å²) in [6.07, 6.45) is 2.97. The molecule has 0 saturated heterocycles. The summed E-state index contributed by atoms with van der Waals surface area (Å²) in [5, 5.41) is 5.86. The van der Waals surface area contributed by atoms with Crippen LogP contribution in [0.3, 0.4) is 0 Å². The fourth-order valence-corrected chi connectivity index (χ4v) is 4.11. The molecule has 0 saturated carbocycles. The average molecular weight is 369 g/mol. The van der Waals surface area contributed by atoms with E-state index in [1.54, 1.807) is 11.8 Å². The van der Waals surface area contributed by atoms with Crippen LogP contribution in [0.15, 0.2) is 54.6 Å². The fraction of sp³-hybridized carbons (Fsp3) is 0.333. The number of amides is 2. The molecule has 2 aromatic rings. The van der Waals surface area contributed by atoms with Crippen LogP contribution in [0.2, 0.25) is 0 Å². The Bertz CT molecular complexity index is 749. The molecule has 0 radical (unpaired) electrons. The third-order valence-corrected chi connectivity index (χ3v) is 5.76. The second-order valence-electron chi connectivity index (χ2n) is 6.38. The Morgan fingerprint density at radius 2 is 1.88 bits per heavy atom. The largest absolute Gasteiger partial charge is 0.356 e. The number of fused-ring (bicyclic) bond motifs is 1. The molecule has 1 atom stereocenters. The summed E-state index contributed by atoms with van der Waals surface area (Å²) in [6, 6.07) is 18.1. The van der Waals surface area contributed by atoms with Crippen LogP contribution in [-0.2, 0) is 22.4 Å². The predicted octanol–water partition coefficient (Wildman–Crippen LogP) is 3.42.